The van der Waals surface area contributed by atoms with Gasteiger partial charge >= 0.3 is 17.9 Å². The zero-order valence-corrected chi connectivity index (χ0v) is 20.6. The maximum atomic E-state index is 11.7. The van der Waals surface area contributed by atoms with Crippen LogP contribution in [0, 0.1) is 17.8 Å². The molecule has 0 aromatic carbocycles. The highest BCUT2D eigenvalue weighted by molar-refractivity contribution is 5.76. The monoisotopic (exact) mass is 466 g/mol. The summed E-state index contributed by atoms with van der Waals surface area (Å²) in [4.78, 5) is 34.1. The van der Waals surface area contributed by atoms with Crippen LogP contribution < -0.4 is 0 Å². The first-order valence-electron chi connectivity index (χ1n) is 12.2. The number of rotatable bonds is 15. The molecule has 0 aromatic rings. The van der Waals surface area contributed by atoms with Crippen LogP contribution in [0.25, 0.3) is 0 Å². The Bertz CT molecular complexity index is 680. The molecule has 7 nitrogen and oxygen atoms in total. The first kappa shape index (κ1) is 28.9. The normalized spacial score (nSPS) is 24.8. The zero-order chi connectivity index (χ0) is 24.9. The van der Waals surface area contributed by atoms with Crippen molar-refractivity contribution in [3.8, 4) is 0 Å². The summed E-state index contributed by atoms with van der Waals surface area (Å²) in [5.41, 5.74) is -1.75. The molecular formula is C26H42O7. The third-order valence-electron chi connectivity index (χ3n) is 6.29. The Labute approximate surface area is 198 Å². The number of hydrogen-bond acceptors (Lipinski definition) is 6. The van der Waals surface area contributed by atoms with Crippen LogP contribution >= 0.6 is 0 Å². The number of allylic oxidation sites excluding steroid dienone is 4. The van der Waals surface area contributed by atoms with E-state index in [1.165, 1.54) is 40.0 Å². The van der Waals surface area contributed by atoms with E-state index >= 15 is 0 Å². The van der Waals surface area contributed by atoms with Gasteiger partial charge in [-0.2, -0.15) is 0 Å². The van der Waals surface area contributed by atoms with Crippen molar-refractivity contribution >= 4 is 17.9 Å². The van der Waals surface area contributed by atoms with E-state index in [2.05, 4.69) is 19.1 Å². The highest BCUT2D eigenvalue weighted by Gasteiger charge is 2.43. The second-order valence-electron chi connectivity index (χ2n) is 9.29. The predicted octanol–water partition coefficient (Wildman–Crippen LogP) is 4.82. The van der Waals surface area contributed by atoms with Gasteiger partial charge in [-0.05, 0) is 51.4 Å². The van der Waals surface area contributed by atoms with Gasteiger partial charge in [0.05, 0.1) is 6.61 Å². The number of carboxylic acid groups (broad SMARTS) is 1. The predicted molar refractivity (Wildman–Crippen MR) is 126 cm³/mol. The van der Waals surface area contributed by atoms with Gasteiger partial charge in [-0.25, -0.2) is 4.79 Å². The molecule has 0 radical (unpaired) electrons. The molecule has 1 unspecified atom stereocenters. The van der Waals surface area contributed by atoms with Crippen LogP contribution in [0.3, 0.4) is 0 Å². The number of carboxylic acids is 1. The van der Waals surface area contributed by atoms with Crippen LogP contribution in [0.4, 0.5) is 0 Å². The molecule has 1 saturated carbocycles. The Kier molecular flexibility index (Phi) is 13.0. The lowest BCUT2D eigenvalue weighted by atomic mass is 9.86. The highest BCUT2D eigenvalue weighted by Crippen LogP contribution is 2.42. The molecule has 1 rings (SSSR count). The number of esters is 2. The summed E-state index contributed by atoms with van der Waals surface area (Å²) >= 11 is 0. The highest BCUT2D eigenvalue weighted by atomic mass is 16.5. The van der Waals surface area contributed by atoms with E-state index in [1.807, 2.05) is 12.2 Å². The Morgan fingerprint density at radius 1 is 1.03 bits per heavy atom. The summed E-state index contributed by atoms with van der Waals surface area (Å²) in [6.45, 7) is 6.56. The molecule has 0 amide bonds. The minimum Gasteiger partial charge on any atom is -0.479 e. The lowest BCUT2D eigenvalue weighted by Crippen LogP contribution is -2.34. The Morgan fingerprint density at radius 3 is 2.36 bits per heavy atom. The molecule has 1 aliphatic carbocycles. The third-order valence-corrected chi connectivity index (χ3v) is 6.29. The number of aliphatic hydroxyl groups is 1. The van der Waals surface area contributed by atoms with Crippen molar-refractivity contribution in [2.24, 2.45) is 17.8 Å². The Morgan fingerprint density at radius 2 is 1.76 bits per heavy atom. The van der Waals surface area contributed by atoms with E-state index in [1.54, 1.807) is 0 Å². The van der Waals surface area contributed by atoms with Crippen molar-refractivity contribution in [3.63, 3.8) is 0 Å². The molecule has 0 saturated heterocycles. The quantitative estimate of drug-likeness (QED) is 0.202. The van der Waals surface area contributed by atoms with Crippen LogP contribution in [0.15, 0.2) is 24.3 Å². The summed E-state index contributed by atoms with van der Waals surface area (Å²) in [5.74, 6) is -1.68. The van der Waals surface area contributed by atoms with E-state index in [4.69, 9.17) is 14.6 Å². The fourth-order valence-corrected chi connectivity index (χ4v) is 4.37. The summed E-state index contributed by atoms with van der Waals surface area (Å²) in [6, 6.07) is 0. The summed E-state index contributed by atoms with van der Waals surface area (Å²) < 4.78 is 10.9. The van der Waals surface area contributed by atoms with Crippen molar-refractivity contribution in [2.45, 2.75) is 97.2 Å². The van der Waals surface area contributed by atoms with E-state index in [9.17, 15) is 19.5 Å². The average Bonchev–Trinajstić information content (AvgIpc) is 3.04. The van der Waals surface area contributed by atoms with Gasteiger partial charge < -0.3 is 19.7 Å². The van der Waals surface area contributed by atoms with Crippen molar-refractivity contribution in [1.82, 2.24) is 0 Å². The third kappa shape index (κ3) is 11.0. The van der Waals surface area contributed by atoms with Gasteiger partial charge in [-0.3, -0.25) is 9.59 Å². The van der Waals surface area contributed by atoms with E-state index < -0.39 is 11.6 Å². The van der Waals surface area contributed by atoms with Gasteiger partial charge in [-0.15, -0.1) is 0 Å². The topological polar surface area (TPSA) is 110 Å². The maximum absolute atomic E-state index is 11.7. The standard InChI is InChI=1S/C26H42O7/c1-5-6-7-8-9-11-14-22-21(18-32-19(2)27)17-24(33-20(3)28)23(22)15-12-10-13-16-26(4,31)25(29)30/h10-12,14,21-24,31H,5-9,13,15-18H2,1-4H3,(H,29,30)/b12-10-,14-11+/t21-,22-,23+,24+,26?/m0/s1. The molecule has 7 heteroatoms. The number of carbonyl (C=O) groups is 3. The molecule has 1 fully saturated rings. The lowest BCUT2D eigenvalue weighted by Gasteiger charge is -2.23. The number of carbonyl (C=O) groups excluding carboxylic acids is 2. The van der Waals surface area contributed by atoms with Gasteiger partial charge in [0.15, 0.2) is 5.60 Å². The fraction of sp³-hybridized carbons (Fsp3) is 0.731. The molecular weight excluding hydrogens is 424 g/mol. The number of unbranched alkanes of at least 4 members (excludes halogenated alkanes) is 4. The maximum Gasteiger partial charge on any atom is 0.335 e. The molecule has 0 aliphatic heterocycles. The second-order valence-corrected chi connectivity index (χ2v) is 9.29. The lowest BCUT2D eigenvalue weighted by molar-refractivity contribution is -0.157. The Hall–Kier alpha value is -2.15. The van der Waals surface area contributed by atoms with Crippen LogP contribution in [0.2, 0.25) is 0 Å². The van der Waals surface area contributed by atoms with Crippen LogP contribution in [-0.4, -0.2) is 46.4 Å². The largest absolute Gasteiger partial charge is 0.479 e. The van der Waals surface area contributed by atoms with E-state index in [0.717, 1.165) is 12.8 Å². The minimum absolute atomic E-state index is 0.0394. The van der Waals surface area contributed by atoms with Gasteiger partial charge in [0, 0.05) is 25.7 Å². The molecule has 0 spiro atoms. The van der Waals surface area contributed by atoms with Gasteiger partial charge in [0.1, 0.15) is 6.10 Å². The van der Waals surface area contributed by atoms with Crippen LogP contribution in [0.1, 0.15) is 85.5 Å². The van der Waals surface area contributed by atoms with Gasteiger partial charge in [0.2, 0.25) is 0 Å². The summed E-state index contributed by atoms with van der Waals surface area (Å²) in [6.07, 6.45) is 15.5. The average molecular weight is 467 g/mol. The summed E-state index contributed by atoms with van der Waals surface area (Å²) in [7, 11) is 0. The zero-order valence-electron chi connectivity index (χ0n) is 20.6. The van der Waals surface area contributed by atoms with Gasteiger partial charge in [0.25, 0.3) is 0 Å². The van der Waals surface area contributed by atoms with Crippen molar-refractivity contribution in [2.75, 3.05) is 6.61 Å². The van der Waals surface area contributed by atoms with Crippen LogP contribution in [0.5, 0.6) is 0 Å². The van der Waals surface area contributed by atoms with E-state index in [0.29, 0.717) is 25.9 Å². The van der Waals surface area contributed by atoms with Crippen molar-refractivity contribution in [1.29, 1.82) is 0 Å². The van der Waals surface area contributed by atoms with E-state index in [-0.39, 0.29) is 42.2 Å². The second kappa shape index (κ2) is 14.9. The molecule has 33 heavy (non-hydrogen) atoms. The van der Waals surface area contributed by atoms with Gasteiger partial charge in [-0.1, -0.05) is 50.5 Å². The fourth-order valence-electron chi connectivity index (χ4n) is 4.37. The smallest absolute Gasteiger partial charge is 0.335 e. The molecule has 188 valence electrons. The Balaban J connectivity index is 2.88. The molecule has 2 N–H and O–H groups in total. The molecule has 1 aliphatic rings. The number of hydrogen-bond donors (Lipinski definition) is 2. The minimum atomic E-state index is -1.75. The summed E-state index contributed by atoms with van der Waals surface area (Å²) in [5, 5.41) is 18.9. The van der Waals surface area contributed by atoms with Crippen molar-refractivity contribution in [3.05, 3.63) is 24.3 Å². The first-order chi connectivity index (χ1) is 15.6. The SMILES string of the molecule is CCCCCC/C=C/[C@H]1[C@H](COC(C)=O)C[C@@H](OC(C)=O)[C@@H]1C/C=C\CCC(C)(O)C(=O)O. The molecule has 0 bridgehead atoms. The number of ether oxygens (including phenoxy) is 2. The van der Waals surface area contributed by atoms with Crippen molar-refractivity contribution < 1.29 is 34.1 Å². The first-order valence-corrected chi connectivity index (χ1v) is 12.2. The molecule has 0 aromatic heterocycles. The molecule has 0 heterocycles. The number of aliphatic carboxylic acids is 1. The van der Waals surface area contributed by atoms with Crippen LogP contribution in [-0.2, 0) is 23.9 Å². The molecule has 5 atom stereocenters.